The first-order valence-corrected chi connectivity index (χ1v) is 5.14. The zero-order valence-electron chi connectivity index (χ0n) is 8.80. The first-order chi connectivity index (χ1) is 7.75. The van der Waals surface area contributed by atoms with E-state index in [-0.39, 0.29) is 24.9 Å². The molecule has 86 valence electrons. The van der Waals surface area contributed by atoms with E-state index in [0.717, 1.165) is 6.42 Å². The second kappa shape index (κ2) is 4.73. The number of amides is 2. The van der Waals surface area contributed by atoms with Crippen LogP contribution in [0.3, 0.4) is 0 Å². The van der Waals surface area contributed by atoms with E-state index in [2.05, 4.69) is 15.6 Å². The molecule has 0 saturated carbocycles. The zero-order valence-corrected chi connectivity index (χ0v) is 8.80. The van der Waals surface area contributed by atoms with Crippen LogP contribution in [-0.4, -0.2) is 51.3 Å². The molecule has 2 amide bonds. The van der Waals surface area contributed by atoms with Crippen molar-refractivity contribution in [1.82, 2.24) is 25.2 Å². The van der Waals surface area contributed by atoms with Crippen LogP contribution in [0.25, 0.3) is 0 Å². The SMILES string of the molecule is O=C1CN(C(=O)Cn2ccnn2)CCCN1. The first kappa shape index (κ1) is 10.6. The average molecular weight is 223 g/mol. The Morgan fingerprint density at radius 3 is 3.19 bits per heavy atom. The lowest BCUT2D eigenvalue weighted by molar-refractivity contribution is -0.135. The van der Waals surface area contributed by atoms with Gasteiger partial charge in [-0.05, 0) is 6.42 Å². The van der Waals surface area contributed by atoms with Crippen LogP contribution >= 0.6 is 0 Å². The van der Waals surface area contributed by atoms with Crippen molar-refractivity contribution in [2.24, 2.45) is 0 Å². The minimum Gasteiger partial charge on any atom is -0.354 e. The molecule has 2 rings (SSSR count). The van der Waals surface area contributed by atoms with E-state index in [0.29, 0.717) is 13.1 Å². The summed E-state index contributed by atoms with van der Waals surface area (Å²) in [5.74, 6) is -0.216. The summed E-state index contributed by atoms with van der Waals surface area (Å²) >= 11 is 0. The molecule has 1 aromatic rings. The highest BCUT2D eigenvalue weighted by Gasteiger charge is 2.19. The van der Waals surface area contributed by atoms with Gasteiger partial charge >= 0.3 is 0 Å². The first-order valence-electron chi connectivity index (χ1n) is 5.14. The van der Waals surface area contributed by atoms with Crippen molar-refractivity contribution in [3.63, 3.8) is 0 Å². The van der Waals surface area contributed by atoms with Crippen LogP contribution in [0.5, 0.6) is 0 Å². The van der Waals surface area contributed by atoms with Crippen LogP contribution in [0.4, 0.5) is 0 Å². The Bertz CT molecular complexity index is 375. The fraction of sp³-hybridized carbons (Fsp3) is 0.556. The summed E-state index contributed by atoms with van der Waals surface area (Å²) in [5, 5.41) is 10.0. The van der Waals surface area contributed by atoms with Crippen molar-refractivity contribution in [3.05, 3.63) is 12.4 Å². The van der Waals surface area contributed by atoms with Crippen molar-refractivity contribution in [1.29, 1.82) is 0 Å². The van der Waals surface area contributed by atoms with Gasteiger partial charge in [-0.3, -0.25) is 9.59 Å². The highest BCUT2D eigenvalue weighted by atomic mass is 16.2. The molecule has 7 heteroatoms. The molecule has 2 heterocycles. The zero-order chi connectivity index (χ0) is 11.4. The Kier molecular flexibility index (Phi) is 3.13. The molecule has 0 radical (unpaired) electrons. The van der Waals surface area contributed by atoms with Crippen LogP contribution in [0.2, 0.25) is 0 Å². The molecule has 0 aliphatic carbocycles. The number of hydrogen-bond donors (Lipinski definition) is 1. The number of nitrogens with zero attached hydrogens (tertiary/aromatic N) is 4. The van der Waals surface area contributed by atoms with Gasteiger partial charge in [-0.1, -0.05) is 5.21 Å². The van der Waals surface area contributed by atoms with Gasteiger partial charge in [-0.15, -0.1) is 5.10 Å². The Morgan fingerprint density at radius 2 is 2.44 bits per heavy atom. The summed E-state index contributed by atoms with van der Waals surface area (Å²) in [7, 11) is 0. The van der Waals surface area contributed by atoms with E-state index < -0.39 is 0 Å². The average Bonchev–Trinajstić information content (AvgIpc) is 2.65. The largest absolute Gasteiger partial charge is 0.354 e. The molecule has 1 saturated heterocycles. The van der Waals surface area contributed by atoms with Gasteiger partial charge in [0.05, 0.1) is 12.7 Å². The fourth-order valence-electron chi connectivity index (χ4n) is 1.57. The summed E-state index contributed by atoms with van der Waals surface area (Å²) < 4.78 is 1.45. The maximum absolute atomic E-state index is 11.8. The molecule has 0 aromatic carbocycles. The van der Waals surface area contributed by atoms with Crippen LogP contribution < -0.4 is 5.32 Å². The molecule has 1 aliphatic heterocycles. The number of carbonyl (C=O) groups excluding carboxylic acids is 2. The Hall–Kier alpha value is -1.92. The summed E-state index contributed by atoms with van der Waals surface area (Å²) in [6.45, 7) is 1.50. The third-order valence-electron chi connectivity index (χ3n) is 2.38. The number of carbonyl (C=O) groups is 2. The maximum Gasteiger partial charge on any atom is 0.244 e. The van der Waals surface area contributed by atoms with Crippen molar-refractivity contribution >= 4 is 11.8 Å². The second-order valence-corrected chi connectivity index (χ2v) is 3.62. The van der Waals surface area contributed by atoms with E-state index in [1.165, 1.54) is 10.9 Å². The lowest BCUT2D eigenvalue weighted by Crippen LogP contribution is -2.39. The van der Waals surface area contributed by atoms with E-state index >= 15 is 0 Å². The minimum atomic E-state index is -0.109. The third-order valence-corrected chi connectivity index (χ3v) is 2.38. The van der Waals surface area contributed by atoms with Crippen LogP contribution in [0, 0.1) is 0 Å². The lowest BCUT2D eigenvalue weighted by Gasteiger charge is -2.18. The van der Waals surface area contributed by atoms with E-state index in [9.17, 15) is 9.59 Å². The number of nitrogens with one attached hydrogen (secondary N) is 1. The highest BCUT2D eigenvalue weighted by molar-refractivity contribution is 5.85. The van der Waals surface area contributed by atoms with Crippen molar-refractivity contribution in [3.8, 4) is 0 Å². The Morgan fingerprint density at radius 1 is 1.56 bits per heavy atom. The van der Waals surface area contributed by atoms with Gasteiger partial charge in [0.25, 0.3) is 0 Å². The molecule has 7 nitrogen and oxygen atoms in total. The smallest absolute Gasteiger partial charge is 0.244 e. The predicted molar refractivity (Wildman–Crippen MR) is 54.2 cm³/mol. The summed E-state index contributed by atoms with van der Waals surface area (Å²) in [6, 6.07) is 0. The fourth-order valence-corrected chi connectivity index (χ4v) is 1.57. The normalized spacial score (nSPS) is 16.8. The van der Waals surface area contributed by atoms with Gasteiger partial charge < -0.3 is 10.2 Å². The molecule has 1 aliphatic rings. The topological polar surface area (TPSA) is 80.1 Å². The third kappa shape index (κ3) is 2.56. The van der Waals surface area contributed by atoms with Crippen molar-refractivity contribution < 1.29 is 9.59 Å². The van der Waals surface area contributed by atoms with E-state index in [1.54, 1.807) is 11.1 Å². The Labute approximate surface area is 92.4 Å². The van der Waals surface area contributed by atoms with E-state index in [4.69, 9.17) is 0 Å². The maximum atomic E-state index is 11.8. The van der Waals surface area contributed by atoms with Crippen molar-refractivity contribution in [2.75, 3.05) is 19.6 Å². The predicted octanol–water partition coefficient (Wildman–Crippen LogP) is -1.37. The van der Waals surface area contributed by atoms with Crippen LogP contribution in [0.1, 0.15) is 6.42 Å². The van der Waals surface area contributed by atoms with Gasteiger partial charge in [0.2, 0.25) is 11.8 Å². The number of aromatic nitrogens is 3. The molecule has 0 spiro atoms. The van der Waals surface area contributed by atoms with Gasteiger partial charge in [0.1, 0.15) is 6.54 Å². The second-order valence-electron chi connectivity index (χ2n) is 3.62. The van der Waals surface area contributed by atoms with Crippen molar-refractivity contribution in [2.45, 2.75) is 13.0 Å². The van der Waals surface area contributed by atoms with Crippen LogP contribution in [-0.2, 0) is 16.1 Å². The molecular weight excluding hydrogens is 210 g/mol. The highest BCUT2D eigenvalue weighted by Crippen LogP contribution is 1.98. The van der Waals surface area contributed by atoms with E-state index in [1.807, 2.05) is 0 Å². The molecule has 1 N–H and O–H groups in total. The molecule has 1 aromatic heterocycles. The molecule has 0 bridgehead atoms. The lowest BCUT2D eigenvalue weighted by atomic mass is 10.4. The molecule has 1 fully saturated rings. The summed E-state index contributed by atoms with van der Waals surface area (Å²) in [6.07, 6.45) is 3.92. The number of rotatable bonds is 2. The quantitative estimate of drug-likeness (QED) is 0.670. The molecule has 0 unspecified atom stereocenters. The molecule has 0 atom stereocenters. The van der Waals surface area contributed by atoms with Gasteiger partial charge in [-0.25, -0.2) is 4.68 Å². The Balaban J connectivity index is 1.95. The van der Waals surface area contributed by atoms with Gasteiger partial charge in [0.15, 0.2) is 0 Å². The standard InChI is InChI=1S/C9H13N5O2/c15-8-6-13(4-1-2-10-8)9(16)7-14-5-3-11-12-14/h3,5H,1-2,4,6-7H2,(H,10,15). The van der Waals surface area contributed by atoms with Gasteiger partial charge in [-0.2, -0.15) is 0 Å². The molecule has 16 heavy (non-hydrogen) atoms. The summed E-state index contributed by atoms with van der Waals surface area (Å²) in [4.78, 5) is 24.6. The minimum absolute atomic E-state index is 0.107. The number of hydrogen-bond acceptors (Lipinski definition) is 4. The van der Waals surface area contributed by atoms with Crippen LogP contribution in [0.15, 0.2) is 12.4 Å². The molecular formula is C9H13N5O2. The monoisotopic (exact) mass is 223 g/mol. The summed E-state index contributed by atoms with van der Waals surface area (Å²) in [5.41, 5.74) is 0. The van der Waals surface area contributed by atoms with Gasteiger partial charge in [0, 0.05) is 19.3 Å².